The summed E-state index contributed by atoms with van der Waals surface area (Å²) in [7, 11) is 0. The third-order valence-corrected chi connectivity index (χ3v) is 4.64. The number of rotatable bonds is 4. The van der Waals surface area contributed by atoms with E-state index in [2.05, 4.69) is 40.2 Å². The number of benzene rings is 1. The standard InChI is InChI=1S/C15H21BrO/c1-2-17-15-9-7-14(8-10-15)13-5-3-12(11-16)4-6-13/h7-10,12-13H,2-6,11H2,1H3/t12-,13-. The molecule has 0 saturated heterocycles. The van der Waals surface area contributed by atoms with E-state index in [9.17, 15) is 0 Å². The number of hydrogen-bond donors (Lipinski definition) is 0. The first kappa shape index (κ1) is 12.9. The van der Waals surface area contributed by atoms with Crippen LogP contribution in [0.25, 0.3) is 0 Å². The van der Waals surface area contributed by atoms with Gasteiger partial charge in [0.2, 0.25) is 0 Å². The van der Waals surface area contributed by atoms with Crippen molar-refractivity contribution in [3.05, 3.63) is 29.8 Å². The fourth-order valence-corrected chi connectivity index (χ4v) is 3.30. The fraction of sp³-hybridized carbons (Fsp3) is 0.600. The molecule has 0 aromatic heterocycles. The molecular weight excluding hydrogens is 276 g/mol. The summed E-state index contributed by atoms with van der Waals surface area (Å²) in [6, 6.07) is 8.69. The Bertz CT molecular complexity index is 325. The van der Waals surface area contributed by atoms with E-state index in [1.807, 2.05) is 6.92 Å². The van der Waals surface area contributed by atoms with Crippen molar-refractivity contribution in [1.29, 1.82) is 0 Å². The minimum Gasteiger partial charge on any atom is -0.494 e. The second-order valence-corrected chi connectivity index (χ2v) is 5.52. The summed E-state index contributed by atoms with van der Waals surface area (Å²) in [5.74, 6) is 2.65. The Morgan fingerprint density at radius 2 is 1.76 bits per heavy atom. The van der Waals surface area contributed by atoms with Crippen LogP contribution in [0.2, 0.25) is 0 Å². The molecule has 94 valence electrons. The number of alkyl halides is 1. The predicted molar refractivity (Wildman–Crippen MR) is 76.1 cm³/mol. The van der Waals surface area contributed by atoms with Gasteiger partial charge in [-0.25, -0.2) is 0 Å². The summed E-state index contributed by atoms with van der Waals surface area (Å²) < 4.78 is 5.48. The Morgan fingerprint density at radius 1 is 1.12 bits per heavy atom. The second kappa shape index (κ2) is 6.44. The highest BCUT2D eigenvalue weighted by atomic mass is 79.9. The first-order chi connectivity index (χ1) is 8.33. The summed E-state index contributed by atoms with van der Waals surface area (Å²) in [5.41, 5.74) is 1.49. The van der Waals surface area contributed by atoms with E-state index in [0.717, 1.165) is 24.2 Å². The van der Waals surface area contributed by atoms with Crippen LogP contribution >= 0.6 is 15.9 Å². The van der Waals surface area contributed by atoms with Crippen LogP contribution < -0.4 is 4.74 Å². The summed E-state index contributed by atoms with van der Waals surface area (Å²) >= 11 is 3.60. The van der Waals surface area contributed by atoms with Crippen molar-refractivity contribution < 1.29 is 4.74 Å². The van der Waals surface area contributed by atoms with Crippen molar-refractivity contribution in [2.75, 3.05) is 11.9 Å². The molecule has 0 N–H and O–H groups in total. The maximum Gasteiger partial charge on any atom is 0.119 e. The molecule has 1 saturated carbocycles. The molecule has 1 nitrogen and oxygen atoms in total. The van der Waals surface area contributed by atoms with Crippen molar-refractivity contribution in [3.8, 4) is 5.75 Å². The number of halogens is 1. The van der Waals surface area contributed by atoms with Crippen LogP contribution in [-0.4, -0.2) is 11.9 Å². The monoisotopic (exact) mass is 296 g/mol. The largest absolute Gasteiger partial charge is 0.494 e. The highest BCUT2D eigenvalue weighted by Gasteiger charge is 2.21. The quantitative estimate of drug-likeness (QED) is 0.728. The van der Waals surface area contributed by atoms with E-state index < -0.39 is 0 Å². The molecule has 0 unspecified atom stereocenters. The Labute approximate surface area is 113 Å². The van der Waals surface area contributed by atoms with Gasteiger partial charge in [-0.15, -0.1) is 0 Å². The molecule has 0 bridgehead atoms. The molecule has 1 aliphatic carbocycles. The van der Waals surface area contributed by atoms with E-state index in [0.29, 0.717) is 0 Å². The van der Waals surface area contributed by atoms with Crippen LogP contribution in [0.15, 0.2) is 24.3 Å². The molecule has 0 heterocycles. The van der Waals surface area contributed by atoms with Gasteiger partial charge in [-0.2, -0.15) is 0 Å². The maximum absolute atomic E-state index is 5.48. The molecule has 1 aromatic rings. The Morgan fingerprint density at radius 3 is 2.29 bits per heavy atom. The molecular formula is C15H21BrO. The van der Waals surface area contributed by atoms with Crippen LogP contribution in [0.4, 0.5) is 0 Å². The molecule has 0 aliphatic heterocycles. The zero-order valence-electron chi connectivity index (χ0n) is 10.5. The first-order valence-corrected chi connectivity index (χ1v) is 7.74. The van der Waals surface area contributed by atoms with E-state index in [1.54, 1.807) is 0 Å². The summed E-state index contributed by atoms with van der Waals surface area (Å²) in [6.07, 6.45) is 5.40. The van der Waals surface area contributed by atoms with E-state index in [4.69, 9.17) is 4.74 Å². The van der Waals surface area contributed by atoms with Gasteiger partial charge in [0.25, 0.3) is 0 Å². The summed E-state index contributed by atoms with van der Waals surface area (Å²) in [5, 5.41) is 1.17. The van der Waals surface area contributed by atoms with E-state index >= 15 is 0 Å². The number of hydrogen-bond acceptors (Lipinski definition) is 1. The molecule has 0 spiro atoms. The van der Waals surface area contributed by atoms with Crippen LogP contribution in [0.1, 0.15) is 44.1 Å². The van der Waals surface area contributed by atoms with Gasteiger partial charge in [-0.1, -0.05) is 28.1 Å². The zero-order chi connectivity index (χ0) is 12.1. The van der Waals surface area contributed by atoms with Gasteiger partial charge >= 0.3 is 0 Å². The van der Waals surface area contributed by atoms with Crippen LogP contribution in [0, 0.1) is 5.92 Å². The highest BCUT2D eigenvalue weighted by molar-refractivity contribution is 9.09. The van der Waals surface area contributed by atoms with Gasteiger partial charge in [-0.05, 0) is 62.1 Å². The van der Waals surface area contributed by atoms with Crippen LogP contribution in [0.5, 0.6) is 5.75 Å². The van der Waals surface area contributed by atoms with Gasteiger partial charge in [-0.3, -0.25) is 0 Å². The first-order valence-electron chi connectivity index (χ1n) is 6.62. The van der Waals surface area contributed by atoms with Gasteiger partial charge in [0.05, 0.1) is 6.61 Å². The van der Waals surface area contributed by atoms with Gasteiger partial charge < -0.3 is 4.74 Å². The normalized spacial score (nSPS) is 24.6. The molecule has 1 fully saturated rings. The average molecular weight is 297 g/mol. The molecule has 0 atom stereocenters. The number of ether oxygens (including phenoxy) is 1. The lowest BCUT2D eigenvalue weighted by molar-refractivity contribution is 0.338. The van der Waals surface area contributed by atoms with Crippen molar-refractivity contribution in [3.63, 3.8) is 0 Å². The van der Waals surface area contributed by atoms with Gasteiger partial charge in [0.15, 0.2) is 0 Å². The van der Waals surface area contributed by atoms with E-state index in [-0.39, 0.29) is 0 Å². The van der Waals surface area contributed by atoms with Gasteiger partial charge in [0, 0.05) is 5.33 Å². The SMILES string of the molecule is CCOc1ccc([C@H]2CC[C@H](CBr)CC2)cc1. The lowest BCUT2D eigenvalue weighted by Crippen LogP contribution is -2.14. The molecule has 0 amide bonds. The van der Waals surface area contributed by atoms with E-state index in [1.165, 1.54) is 36.6 Å². The maximum atomic E-state index is 5.48. The molecule has 0 radical (unpaired) electrons. The molecule has 2 rings (SSSR count). The highest BCUT2D eigenvalue weighted by Crippen LogP contribution is 2.36. The molecule has 1 aromatic carbocycles. The van der Waals surface area contributed by atoms with Crippen molar-refractivity contribution in [2.24, 2.45) is 5.92 Å². The fourth-order valence-electron chi connectivity index (χ4n) is 2.65. The smallest absolute Gasteiger partial charge is 0.119 e. The summed E-state index contributed by atoms with van der Waals surface area (Å²) in [6.45, 7) is 2.77. The predicted octanol–water partition coefficient (Wildman–Crippen LogP) is 4.75. The Balaban J connectivity index is 1.94. The lowest BCUT2D eigenvalue weighted by atomic mass is 9.79. The Kier molecular flexibility index (Phi) is 4.90. The topological polar surface area (TPSA) is 9.23 Å². The van der Waals surface area contributed by atoms with Crippen molar-refractivity contribution in [2.45, 2.75) is 38.5 Å². The van der Waals surface area contributed by atoms with Crippen LogP contribution in [0.3, 0.4) is 0 Å². The minimum atomic E-state index is 0.746. The van der Waals surface area contributed by atoms with Crippen molar-refractivity contribution >= 4 is 15.9 Å². The average Bonchev–Trinajstić information content (AvgIpc) is 2.40. The third-order valence-electron chi connectivity index (χ3n) is 3.73. The van der Waals surface area contributed by atoms with Crippen molar-refractivity contribution in [1.82, 2.24) is 0 Å². The second-order valence-electron chi connectivity index (χ2n) is 4.87. The lowest BCUT2D eigenvalue weighted by Gasteiger charge is -2.27. The summed E-state index contributed by atoms with van der Waals surface area (Å²) in [4.78, 5) is 0. The Hall–Kier alpha value is -0.500. The minimum absolute atomic E-state index is 0.746. The zero-order valence-corrected chi connectivity index (χ0v) is 12.1. The van der Waals surface area contributed by atoms with Gasteiger partial charge in [0.1, 0.15) is 5.75 Å². The van der Waals surface area contributed by atoms with Crippen LogP contribution in [-0.2, 0) is 0 Å². The molecule has 2 heteroatoms. The molecule has 1 aliphatic rings. The third kappa shape index (κ3) is 3.48. The molecule has 17 heavy (non-hydrogen) atoms.